The molecular weight excluding hydrogens is 274 g/mol. The van der Waals surface area contributed by atoms with Crippen LogP contribution in [-0.4, -0.2) is 25.7 Å². The highest BCUT2D eigenvalue weighted by Crippen LogP contribution is 2.20. The molecule has 0 aromatic carbocycles. The first-order chi connectivity index (χ1) is 9.22. The Bertz CT molecular complexity index is 607. The van der Waals surface area contributed by atoms with Crippen molar-refractivity contribution in [2.45, 2.75) is 27.2 Å². The molecule has 110 valence electrons. The van der Waals surface area contributed by atoms with Crippen molar-refractivity contribution in [1.82, 2.24) is 4.98 Å². The van der Waals surface area contributed by atoms with Gasteiger partial charge in [-0.3, -0.25) is 4.72 Å². The summed E-state index contributed by atoms with van der Waals surface area (Å²) in [6.45, 7) is 6.27. The van der Waals surface area contributed by atoms with Gasteiger partial charge in [-0.1, -0.05) is 32.6 Å². The van der Waals surface area contributed by atoms with Crippen LogP contribution in [-0.2, 0) is 10.0 Å². The van der Waals surface area contributed by atoms with Crippen LogP contribution in [0, 0.1) is 17.3 Å². The fourth-order valence-corrected chi connectivity index (χ4v) is 2.78. The second-order valence-corrected chi connectivity index (χ2v) is 7.51. The van der Waals surface area contributed by atoms with Gasteiger partial charge in [0.15, 0.2) is 0 Å². The van der Waals surface area contributed by atoms with Crippen LogP contribution in [0.5, 0.6) is 0 Å². The van der Waals surface area contributed by atoms with Gasteiger partial charge in [0.2, 0.25) is 10.0 Å². The van der Waals surface area contributed by atoms with E-state index in [9.17, 15) is 8.42 Å². The minimum Gasteiger partial charge on any atom is -0.320 e. The molecule has 0 spiro atoms. The fourth-order valence-electron chi connectivity index (χ4n) is 1.37. The summed E-state index contributed by atoms with van der Waals surface area (Å²) >= 11 is 0. The van der Waals surface area contributed by atoms with Crippen molar-refractivity contribution in [3.8, 4) is 11.8 Å². The number of nitrogens with two attached hydrogens (primary N) is 1. The van der Waals surface area contributed by atoms with Crippen LogP contribution >= 0.6 is 0 Å². The molecule has 0 radical (unpaired) electrons. The van der Waals surface area contributed by atoms with Gasteiger partial charge in [0.05, 0.1) is 12.3 Å². The molecule has 0 aliphatic rings. The Morgan fingerprint density at radius 2 is 2.10 bits per heavy atom. The molecule has 0 fully saturated rings. The Morgan fingerprint density at radius 3 is 2.70 bits per heavy atom. The maximum atomic E-state index is 12.0. The fraction of sp³-hybridized carbons (Fsp3) is 0.500. The van der Waals surface area contributed by atoms with Crippen LogP contribution in [0.3, 0.4) is 0 Å². The van der Waals surface area contributed by atoms with Gasteiger partial charge in [0.25, 0.3) is 0 Å². The van der Waals surface area contributed by atoms with Crippen LogP contribution in [0.1, 0.15) is 32.8 Å². The monoisotopic (exact) mass is 295 g/mol. The molecule has 0 unspecified atom stereocenters. The molecular formula is C14H21N3O2S. The molecule has 0 saturated heterocycles. The van der Waals surface area contributed by atoms with Crippen molar-refractivity contribution in [3.05, 3.63) is 23.9 Å². The van der Waals surface area contributed by atoms with Crippen LogP contribution in [0.15, 0.2) is 18.3 Å². The van der Waals surface area contributed by atoms with Crippen molar-refractivity contribution in [1.29, 1.82) is 0 Å². The number of hydrogen-bond donors (Lipinski definition) is 2. The molecule has 6 heteroatoms. The molecule has 20 heavy (non-hydrogen) atoms. The molecule has 0 aliphatic heterocycles. The quantitative estimate of drug-likeness (QED) is 0.826. The van der Waals surface area contributed by atoms with Crippen LogP contribution in [0.25, 0.3) is 0 Å². The molecule has 3 N–H and O–H groups in total. The highest BCUT2D eigenvalue weighted by atomic mass is 32.2. The first-order valence-electron chi connectivity index (χ1n) is 6.37. The van der Waals surface area contributed by atoms with E-state index in [0.29, 0.717) is 12.0 Å². The highest BCUT2D eigenvalue weighted by molar-refractivity contribution is 7.92. The largest absolute Gasteiger partial charge is 0.320 e. The number of nitrogens with one attached hydrogen (secondary N) is 1. The molecule has 1 aromatic rings. The number of rotatable bonds is 4. The minimum atomic E-state index is -3.39. The van der Waals surface area contributed by atoms with E-state index in [0.717, 1.165) is 0 Å². The van der Waals surface area contributed by atoms with Gasteiger partial charge in [-0.05, 0) is 24.0 Å². The van der Waals surface area contributed by atoms with E-state index in [1.807, 2.05) is 20.8 Å². The standard InChI is InChI=1S/C14H21N3O2S/c1-14(2,3)7-10-20(18,19)17-13-11-12(5-4-8-15)6-9-16-13/h6,9,11H,7-8,10,15H2,1-3H3,(H,16,17). The van der Waals surface area contributed by atoms with E-state index in [2.05, 4.69) is 21.5 Å². The first-order valence-corrected chi connectivity index (χ1v) is 8.02. The Balaban J connectivity index is 2.77. The van der Waals surface area contributed by atoms with Crippen molar-refractivity contribution < 1.29 is 8.42 Å². The number of hydrogen-bond acceptors (Lipinski definition) is 4. The van der Waals surface area contributed by atoms with Gasteiger partial charge in [0, 0.05) is 11.8 Å². The van der Waals surface area contributed by atoms with E-state index in [-0.39, 0.29) is 23.5 Å². The zero-order chi connectivity index (χ0) is 15.2. The van der Waals surface area contributed by atoms with Gasteiger partial charge in [-0.25, -0.2) is 13.4 Å². The second kappa shape index (κ2) is 6.73. The van der Waals surface area contributed by atoms with E-state index in [4.69, 9.17) is 5.73 Å². The highest BCUT2D eigenvalue weighted by Gasteiger charge is 2.17. The Labute approximate surface area is 121 Å². The molecule has 1 aromatic heterocycles. The summed E-state index contributed by atoms with van der Waals surface area (Å²) in [6.07, 6.45) is 2.09. The maximum absolute atomic E-state index is 12.0. The number of nitrogens with zero attached hydrogens (tertiary/aromatic N) is 1. The third-order valence-electron chi connectivity index (χ3n) is 2.48. The van der Waals surface area contributed by atoms with Crippen molar-refractivity contribution in [2.24, 2.45) is 11.1 Å². The summed E-state index contributed by atoms with van der Waals surface area (Å²) in [6, 6.07) is 3.30. The summed E-state index contributed by atoms with van der Waals surface area (Å²) in [7, 11) is -3.39. The Morgan fingerprint density at radius 1 is 1.40 bits per heavy atom. The van der Waals surface area contributed by atoms with Crippen LogP contribution < -0.4 is 10.5 Å². The Hall–Kier alpha value is -1.58. The third kappa shape index (κ3) is 6.55. The normalized spacial score (nSPS) is 11.6. The van der Waals surface area contributed by atoms with Crippen molar-refractivity contribution >= 4 is 15.8 Å². The van der Waals surface area contributed by atoms with Gasteiger partial charge in [-0.15, -0.1) is 0 Å². The number of aromatic nitrogens is 1. The lowest BCUT2D eigenvalue weighted by Crippen LogP contribution is -2.21. The smallest absolute Gasteiger partial charge is 0.233 e. The average molecular weight is 295 g/mol. The average Bonchev–Trinajstić information content (AvgIpc) is 2.33. The molecule has 1 heterocycles. The van der Waals surface area contributed by atoms with Gasteiger partial charge >= 0.3 is 0 Å². The van der Waals surface area contributed by atoms with Gasteiger partial charge in [-0.2, -0.15) is 0 Å². The van der Waals surface area contributed by atoms with Gasteiger partial charge < -0.3 is 5.73 Å². The topological polar surface area (TPSA) is 85.1 Å². The third-order valence-corrected chi connectivity index (χ3v) is 3.74. The van der Waals surface area contributed by atoms with E-state index >= 15 is 0 Å². The van der Waals surface area contributed by atoms with E-state index in [1.54, 1.807) is 12.1 Å². The summed E-state index contributed by atoms with van der Waals surface area (Å²) in [5.41, 5.74) is 5.94. The second-order valence-electron chi connectivity index (χ2n) is 5.67. The number of anilines is 1. The predicted octanol–water partition coefficient (Wildman–Crippen LogP) is 1.57. The number of pyridine rings is 1. The maximum Gasteiger partial charge on any atom is 0.233 e. The SMILES string of the molecule is CC(C)(C)CCS(=O)(=O)Nc1cc(C#CCN)ccn1. The lowest BCUT2D eigenvalue weighted by atomic mass is 9.94. The first kappa shape index (κ1) is 16.5. The van der Waals surface area contributed by atoms with Crippen LogP contribution in [0.2, 0.25) is 0 Å². The predicted molar refractivity (Wildman–Crippen MR) is 81.7 cm³/mol. The molecule has 0 atom stereocenters. The van der Waals surface area contributed by atoms with Crippen molar-refractivity contribution in [3.63, 3.8) is 0 Å². The van der Waals surface area contributed by atoms with Gasteiger partial charge in [0.1, 0.15) is 5.82 Å². The molecule has 0 aliphatic carbocycles. The lowest BCUT2D eigenvalue weighted by Gasteiger charge is -2.17. The minimum absolute atomic E-state index is 0.0311. The summed E-state index contributed by atoms with van der Waals surface area (Å²) in [5, 5.41) is 0. The summed E-state index contributed by atoms with van der Waals surface area (Å²) in [4.78, 5) is 3.99. The Kier molecular flexibility index (Phi) is 5.54. The molecule has 0 saturated carbocycles. The zero-order valence-corrected chi connectivity index (χ0v) is 12.9. The van der Waals surface area contributed by atoms with E-state index in [1.165, 1.54) is 6.20 Å². The van der Waals surface area contributed by atoms with Crippen molar-refractivity contribution in [2.75, 3.05) is 17.0 Å². The summed E-state index contributed by atoms with van der Waals surface area (Å²) in [5.74, 6) is 5.90. The zero-order valence-electron chi connectivity index (χ0n) is 12.1. The van der Waals surface area contributed by atoms with Crippen LogP contribution in [0.4, 0.5) is 5.82 Å². The molecule has 0 bridgehead atoms. The number of sulfonamides is 1. The van der Waals surface area contributed by atoms with E-state index < -0.39 is 10.0 Å². The molecule has 0 amide bonds. The lowest BCUT2D eigenvalue weighted by molar-refractivity contribution is 0.397. The molecule has 1 rings (SSSR count). The summed E-state index contributed by atoms with van der Waals surface area (Å²) < 4.78 is 26.4. The molecule has 5 nitrogen and oxygen atoms in total.